The van der Waals surface area contributed by atoms with Crippen molar-refractivity contribution in [3.8, 4) is 0 Å². The minimum atomic E-state index is 0.209. The molecule has 0 bridgehead atoms. The molecule has 0 aromatic carbocycles. The van der Waals surface area contributed by atoms with E-state index in [1.165, 1.54) is 23.8 Å². The Morgan fingerprint density at radius 2 is 1.79 bits per heavy atom. The Hall–Kier alpha value is -2.19. The van der Waals surface area contributed by atoms with Crippen LogP contribution in [0.15, 0.2) is 12.5 Å². The molecule has 1 amide bonds. The first-order valence-electron chi connectivity index (χ1n) is 12.7. The van der Waals surface area contributed by atoms with Gasteiger partial charge in [-0.05, 0) is 75.9 Å². The molecule has 180 valence electrons. The highest BCUT2D eigenvalue weighted by molar-refractivity contribution is 5.91. The molecular weight excluding hydrogens is 416 g/mol. The molecule has 8 nitrogen and oxygen atoms in total. The largest absolute Gasteiger partial charge is 0.381 e. The van der Waals surface area contributed by atoms with Crippen LogP contribution in [0.4, 0.5) is 5.82 Å². The van der Waals surface area contributed by atoms with Crippen molar-refractivity contribution >= 4 is 22.8 Å². The fourth-order valence-electron chi connectivity index (χ4n) is 6.08. The summed E-state index contributed by atoms with van der Waals surface area (Å²) in [5.41, 5.74) is 2.26. The highest BCUT2D eigenvalue weighted by atomic mass is 16.5. The lowest BCUT2D eigenvalue weighted by molar-refractivity contribution is -0.134. The molecule has 3 aliphatic rings. The predicted octanol–water partition coefficient (Wildman–Crippen LogP) is 3.38. The Balaban J connectivity index is 1.18. The van der Waals surface area contributed by atoms with Gasteiger partial charge in [0.2, 0.25) is 5.91 Å². The van der Waals surface area contributed by atoms with Crippen molar-refractivity contribution in [2.24, 2.45) is 5.92 Å². The predicted molar refractivity (Wildman–Crippen MR) is 129 cm³/mol. The van der Waals surface area contributed by atoms with Crippen LogP contribution in [0.25, 0.3) is 11.0 Å². The topological polar surface area (TPSA) is 86.4 Å². The number of H-pyrrole nitrogens is 1. The lowest BCUT2D eigenvalue weighted by Gasteiger charge is -2.41. The normalized spacial score (nSPS) is 25.9. The van der Waals surface area contributed by atoms with E-state index >= 15 is 0 Å². The first-order chi connectivity index (χ1) is 16.1. The number of ether oxygens (including phenoxy) is 1. The second-order valence-electron chi connectivity index (χ2n) is 10.3. The minimum Gasteiger partial charge on any atom is -0.381 e. The van der Waals surface area contributed by atoms with Crippen molar-refractivity contribution < 1.29 is 9.53 Å². The summed E-state index contributed by atoms with van der Waals surface area (Å²) in [6, 6.07) is 1.10. The number of fused-ring (bicyclic) bond motifs is 1. The number of likely N-dealkylation sites (tertiary alicyclic amines) is 1. The van der Waals surface area contributed by atoms with Crippen LogP contribution < -0.4 is 5.32 Å². The van der Waals surface area contributed by atoms with Gasteiger partial charge < -0.3 is 24.8 Å². The Morgan fingerprint density at radius 3 is 2.48 bits per heavy atom. The highest BCUT2D eigenvalue weighted by Gasteiger charge is 2.32. The molecule has 2 N–H and O–H groups in total. The van der Waals surface area contributed by atoms with Crippen LogP contribution >= 0.6 is 0 Å². The number of amides is 1. The fraction of sp³-hybridized carbons (Fsp3) is 0.720. The van der Waals surface area contributed by atoms with E-state index in [0.717, 1.165) is 76.3 Å². The zero-order valence-electron chi connectivity index (χ0n) is 20.1. The molecule has 0 atom stereocenters. The lowest BCUT2D eigenvalue weighted by atomic mass is 9.87. The molecule has 3 fully saturated rings. The number of carbonyl (C=O) groups is 1. The third kappa shape index (κ3) is 4.87. The molecule has 2 aliphatic heterocycles. The van der Waals surface area contributed by atoms with Crippen LogP contribution in [0.2, 0.25) is 0 Å². The summed E-state index contributed by atoms with van der Waals surface area (Å²) >= 11 is 0. The van der Waals surface area contributed by atoms with Gasteiger partial charge in [0, 0.05) is 51.5 Å². The van der Waals surface area contributed by atoms with Gasteiger partial charge in [-0.2, -0.15) is 0 Å². The minimum absolute atomic E-state index is 0.209. The molecule has 0 spiro atoms. The quantitative estimate of drug-likeness (QED) is 0.720. The summed E-state index contributed by atoms with van der Waals surface area (Å²) in [5, 5.41) is 4.94. The van der Waals surface area contributed by atoms with Crippen molar-refractivity contribution in [1.29, 1.82) is 0 Å². The van der Waals surface area contributed by atoms with Gasteiger partial charge >= 0.3 is 0 Å². The average molecular weight is 455 g/mol. The maximum atomic E-state index is 12.3. The molecular formula is C25H38N6O2. The number of nitrogens with one attached hydrogen (secondary N) is 2. The Morgan fingerprint density at radius 1 is 1.06 bits per heavy atom. The molecule has 8 heteroatoms. The van der Waals surface area contributed by atoms with Gasteiger partial charge in [-0.25, -0.2) is 9.97 Å². The monoisotopic (exact) mass is 454 g/mol. The van der Waals surface area contributed by atoms with E-state index in [4.69, 9.17) is 4.74 Å². The number of aromatic nitrogens is 3. The van der Waals surface area contributed by atoms with Crippen LogP contribution in [-0.4, -0.2) is 83.1 Å². The Labute approximate surface area is 196 Å². The van der Waals surface area contributed by atoms with Crippen molar-refractivity contribution in [3.63, 3.8) is 0 Å². The molecule has 2 saturated heterocycles. The molecule has 33 heavy (non-hydrogen) atoms. The maximum Gasteiger partial charge on any atom is 0.225 e. The highest BCUT2D eigenvalue weighted by Crippen LogP contribution is 2.36. The number of hydrogen-bond donors (Lipinski definition) is 2. The molecule has 1 aliphatic carbocycles. The van der Waals surface area contributed by atoms with E-state index in [2.05, 4.69) is 31.4 Å². The van der Waals surface area contributed by atoms with E-state index in [-0.39, 0.29) is 5.92 Å². The number of anilines is 1. The van der Waals surface area contributed by atoms with Crippen molar-refractivity contribution in [1.82, 2.24) is 24.8 Å². The standard InChI is InChI=1S/C25H38N6O2/c1-30(2)25(32)18-7-11-31(12-8-18)20-5-3-19(4-6-20)29-24-22-21(17-9-13-33-14-10-17)15-26-23(22)27-16-28-24/h15-20H,3-14H2,1-2H3,(H2,26,27,28,29). The zero-order valence-corrected chi connectivity index (χ0v) is 20.1. The molecule has 5 rings (SSSR count). The summed E-state index contributed by atoms with van der Waals surface area (Å²) in [6.45, 7) is 3.77. The van der Waals surface area contributed by atoms with Crippen molar-refractivity contribution in [2.75, 3.05) is 45.7 Å². The molecule has 2 aromatic rings. The fourth-order valence-corrected chi connectivity index (χ4v) is 6.08. The number of aromatic amines is 1. The summed E-state index contributed by atoms with van der Waals surface area (Å²) in [4.78, 5) is 29.2. The van der Waals surface area contributed by atoms with Gasteiger partial charge in [-0.15, -0.1) is 0 Å². The van der Waals surface area contributed by atoms with Gasteiger partial charge in [0.1, 0.15) is 17.8 Å². The van der Waals surface area contributed by atoms with Gasteiger partial charge in [0.05, 0.1) is 5.39 Å². The molecule has 2 aromatic heterocycles. The number of nitrogens with zero attached hydrogens (tertiary/aromatic N) is 4. The third-order valence-corrected chi connectivity index (χ3v) is 8.03. The summed E-state index contributed by atoms with van der Waals surface area (Å²) < 4.78 is 5.57. The zero-order chi connectivity index (χ0) is 22.8. The van der Waals surface area contributed by atoms with Gasteiger partial charge in [-0.3, -0.25) is 4.79 Å². The van der Waals surface area contributed by atoms with Crippen LogP contribution in [0.5, 0.6) is 0 Å². The van der Waals surface area contributed by atoms with Crippen molar-refractivity contribution in [2.45, 2.75) is 69.4 Å². The van der Waals surface area contributed by atoms with Crippen LogP contribution in [0, 0.1) is 5.92 Å². The SMILES string of the molecule is CN(C)C(=O)C1CCN(C2CCC(Nc3ncnc4[nH]cc(C5CCOCC5)c34)CC2)CC1. The molecule has 1 saturated carbocycles. The second-order valence-corrected chi connectivity index (χ2v) is 10.3. The van der Waals surface area contributed by atoms with E-state index in [1.54, 1.807) is 11.2 Å². The van der Waals surface area contributed by atoms with Crippen LogP contribution in [0.1, 0.15) is 62.8 Å². The summed E-state index contributed by atoms with van der Waals surface area (Å²) in [6.07, 6.45) is 12.6. The van der Waals surface area contributed by atoms with E-state index < -0.39 is 0 Å². The first-order valence-corrected chi connectivity index (χ1v) is 12.7. The summed E-state index contributed by atoms with van der Waals surface area (Å²) in [5.74, 6) is 2.00. The summed E-state index contributed by atoms with van der Waals surface area (Å²) in [7, 11) is 3.74. The van der Waals surface area contributed by atoms with Crippen LogP contribution in [-0.2, 0) is 9.53 Å². The molecule has 0 radical (unpaired) electrons. The number of carbonyl (C=O) groups excluding carboxylic acids is 1. The maximum absolute atomic E-state index is 12.3. The average Bonchev–Trinajstić information content (AvgIpc) is 3.30. The molecule has 0 unspecified atom stereocenters. The van der Waals surface area contributed by atoms with E-state index in [1.807, 2.05) is 14.1 Å². The number of rotatable bonds is 5. The smallest absolute Gasteiger partial charge is 0.225 e. The third-order valence-electron chi connectivity index (χ3n) is 8.03. The van der Waals surface area contributed by atoms with Crippen molar-refractivity contribution in [3.05, 3.63) is 18.1 Å². The van der Waals surface area contributed by atoms with E-state index in [9.17, 15) is 4.79 Å². The number of piperidine rings is 1. The second kappa shape index (κ2) is 9.97. The van der Waals surface area contributed by atoms with Gasteiger partial charge in [0.15, 0.2) is 0 Å². The van der Waals surface area contributed by atoms with Crippen LogP contribution in [0.3, 0.4) is 0 Å². The van der Waals surface area contributed by atoms with E-state index in [0.29, 0.717) is 23.9 Å². The van der Waals surface area contributed by atoms with Gasteiger partial charge in [0.25, 0.3) is 0 Å². The lowest BCUT2D eigenvalue weighted by Crippen LogP contribution is -2.46. The molecule has 4 heterocycles. The number of hydrogen-bond acceptors (Lipinski definition) is 6. The first kappa shape index (κ1) is 22.6. The Kier molecular flexibility index (Phi) is 6.83. The Bertz CT molecular complexity index is 938. The van der Waals surface area contributed by atoms with Gasteiger partial charge in [-0.1, -0.05) is 0 Å².